The lowest BCUT2D eigenvalue weighted by atomic mass is 9.90. The van der Waals surface area contributed by atoms with E-state index in [1.54, 1.807) is 48.5 Å². The van der Waals surface area contributed by atoms with Gasteiger partial charge in [0.15, 0.2) is 6.10 Å². The van der Waals surface area contributed by atoms with Crippen molar-refractivity contribution in [2.45, 2.75) is 19.1 Å². The minimum atomic E-state index is -1.02. The van der Waals surface area contributed by atoms with Gasteiger partial charge in [-0.3, -0.25) is 24.5 Å². The number of nitro groups is 1. The van der Waals surface area contributed by atoms with E-state index in [1.165, 1.54) is 22.1 Å². The Hall–Kier alpha value is -3.75. The number of amides is 2. The average molecular weight is 464 g/mol. The topological polar surface area (TPSA) is 93.0 Å². The Morgan fingerprint density at radius 2 is 1.61 bits per heavy atom. The minimum absolute atomic E-state index is 0.0670. The molecule has 3 aromatic carbocycles. The first-order valence-electron chi connectivity index (χ1n) is 10.3. The molecular formula is C24H18ClN3O5. The molecule has 0 spiro atoms. The molecule has 0 aromatic heterocycles. The van der Waals surface area contributed by atoms with E-state index >= 15 is 0 Å². The van der Waals surface area contributed by atoms with Gasteiger partial charge in [-0.2, -0.15) is 0 Å². The molecule has 2 heterocycles. The molecule has 2 aliphatic heterocycles. The highest BCUT2D eigenvalue weighted by Crippen LogP contribution is 2.48. The number of non-ortho nitro benzene ring substituents is 1. The van der Waals surface area contributed by atoms with Crippen LogP contribution in [-0.2, 0) is 14.4 Å². The van der Waals surface area contributed by atoms with Crippen molar-refractivity contribution in [3.63, 3.8) is 0 Å². The summed E-state index contributed by atoms with van der Waals surface area (Å²) in [4.78, 5) is 44.8. The fourth-order valence-corrected chi connectivity index (χ4v) is 4.54. The number of carbonyl (C=O) groups excluding carboxylic acids is 2. The van der Waals surface area contributed by atoms with Gasteiger partial charge in [0.1, 0.15) is 5.92 Å². The molecule has 166 valence electrons. The third kappa shape index (κ3) is 3.44. The highest BCUT2D eigenvalue weighted by Gasteiger charge is 2.60. The van der Waals surface area contributed by atoms with Crippen molar-refractivity contribution in [2.24, 2.45) is 5.92 Å². The van der Waals surface area contributed by atoms with Crippen molar-refractivity contribution >= 4 is 40.5 Å². The van der Waals surface area contributed by atoms with Gasteiger partial charge in [-0.1, -0.05) is 41.9 Å². The second-order valence-corrected chi connectivity index (χ2v) is 8.38. The van der Waals surface area contributed by atoms with Gasteiger partial charge in [0, 0.05) is 17.2 Å². The quantitative estimate of drug-likeness (QED) is 0.319. The fraction of sp³-hybridized carbons (Fsp3) is 0.167. The van der Waals surface area contributed by atoms with Crippen LogP contribution in [0.2, 0.25) is 5.02 Å². The van der Waals surface area contributed by atoms with Crippen LogP contribution in [0.25, 0.3) is 0 Å². The molecule has 5 rings (SSSR count). The number of halogens is 1. The molecule has 33 heavy (non-hydrogen) atoms. The van der Waals surface area contributed by atoms with Crippen LogP contribution in [0.5, 0.6) is 0 Å². The Bertz CT molecular complexity index is 1260. The van der Waals surface area contributed by atoms with Crippen LogP contribution in [0, 0.1) is 23.0 Å². The predicted molar refractivity (Wildman–Crippen MR) is 122 cm³/mol. The second kappa shape index (κ2) is 7.99. The van der Waals surface area contributed by atoms with E-state index in [2.05, 4.69) is 0 Å². The number of hydroxylamine groups is 1. The summed E-state index contributed by atoms with van der Waals surface area (Å²) in [6, 6.07) is 19.3. The van der Waals surface area contributed by atoms with Gasteiger partial charge in [0.05, 0.1) is 22.3 Å². The number of aryl methyl sites for hydroxylation is 1. The molecule has 2 amide bonds. The number of carbonyl (C=O) groups is 2. The maximum atomic E-state index is 13.6. The van der Waals surface area contributed by atoms with Crippen LogP contribution >= 0.6 is 11.6 Å². The van der Waals surface area contributed by atoms with Crippen LogP contribution in [0.4, 0.5) is 17.1 Å². The summed E-state index contributed by atoms with van der Waals surface area (Å²) in [7, 11) is 0. The van der Waals surface area contributed by atoms with Crippen LogP contribution in [0.15, 0.2) is 72.8 Å². The van der Waals surface area contributed by atoms with E-state index in [-0.39, 0.29) is 11.6 Å². The van der Waals surface area contributed by atoms with Gasteiger partial charge in [-0.05, 0) is 48.4 Å². The van der Waals surface area contributed by atoms with Crippen LogP contribution in [0.3, 0.4) is 0 Å². The molecule has 0 aliphatic carbocycles. The van der Waals surface area contributed by atoms with Crippen molar-refractivity contribution < 1.29 is 19.3 Å². The molecule has 0 saturated carbocycles. The first-order valence-corrected chi connectivity index (χ1v) is 10.6. The molecule has 0 N–H and O–H groups in total. The maximum absolute atomic E-state index is 13.6. The highest BCUT2D eigenvalue weighted by molar-refractivity contribution is 6.30. The van der Waals surface area contributed by atoms with Gasteiger partial charge >= 0.3 is 0 Å². The molecule has 2 aliphatic rings. The highest BCUT2D eigenvalue weighted by atomic mass is 35.5. The Labute approximate surface area is 194 Å². The molecule has 9 heteroatoms. The van der Waals surface area contributed by atoms with E-state index < -0.39 is 28.9 Å². The third-order valence-electron chi connectivity index (χ3n) is 6.00. The molecule has 2 saturated heterocycles. The van der Waals surface area contributed by atoms with Crippen molar-refractivity contribution in [1.29, 1.82) is 0 Å². The van der Waals surface area contributed by atoms with Crippen molar-refractivity contribution in [1.82, 2.24) is 0 Å². The van der Waals surface area contributed by atoms with Crippen molar-refractivity contribution in [2.75, 3.05) is 9.96 Å². The van der Waals surface area contributed by atoms with Crippen molar-refractivity contribution in [3.8, 4) is 0 Å². The third-order valence-corrected chi connectivity index (χ3v) is 6.25. The number of anilines is 2. The normalized spacial score (nSPS) is 22.1. The number of nitro benzene ring substituents is 1. The van der Waals surface area contributed by atoms with Gasteiger partial charge < -0.3 is 0 Å². The summed E-state index contributed by atoms with van der Waals surface area (Å²) >= 11 is 6.02. The zero-order chi connectivity index (χ0) is 23.3. The van der Waals surface area contributed by atoms with Gasteiger partial charge in [-0.25, -0.2) is 9.96 Å². The van der Waals surface area contributed by atoms with E-state index in [9.17, 15) is 19.7 Å². The number of rotatable bonds is 4. The lowest BCUT2D eigenvalue weighted by molar-refractivity contribution is -0.384. The summed E-state index contributed by atoms with van der Waals surface area (Å²) in [6.07, 6.45) is -1.02. The number of para-hydroxylation sites is 1. The molecule has 3 aromatic rings. The summed E-state index contributed by atoms with van der Waals surface area (Å²) in [5, 5.41) is 13.2. The SMILES string of the molecule is Cc1ccccc1N1C(=O)C2ON(c3ccc(Cl)cc3)C(c3ccc([N+](=O)[O-])cc3)C2C1=O. The lowest BCUT2D eigenvalue weighted by Gasteiger charge is -2.29. The standard InChI is InChI=1S/C24H18ClN3O5/c1-14-4-2-3-5-19(14)26-23(29)20-21(15-6-10-18(11-7-15)28(31)32)27(33-22(20)24(26)30)17-12-8-16(25)9-13-17/h2-13,20-22H,1H3. The Morgan fingerprint density at radius 3 is 2.24 bits per heavy atom. The smallest absolute Gasteiger partial charge is 0.269 e. The Morgan fingerprint density at radius 1 is 0.939 bits per heavy atom. The predicted octanol–water partition coefficient (Wildman–Crippen LogP) is 4.61. The summed E-state index contributed by atoms with van der Waals surface area (Å²) in [5.74, 6) is -1.64. The number of hydrogen-bond donors (Lipinski definition) is 0. The molecule has 0 radical (unpaired) electrons. The Kier molecular flexibility index (Phi) is 5.11. The van der Waals surface area contributed by atoms with Crippen molar-refractivity contribution in [3.05, 3.63) is 99.1 Å². The zero-order valence-electron chi connectivity index (χ0n) is 17.4. The summed E-state index contributed by atoms with van der Waals surface area (Å²) < 4.78 is 0. The van der Waals surface area contributed by atoms with E-state index in [0.717, 1.165) is 5.56 Å². The molecule has 3 atom stereocenters. The van der Waals surface area contributed by atoms with E-state index in [1.807, 2.05) is 19.1 Å². The van der Waals surface area contributed by atoms with E-state index in [0.29, 0.717) is 22.0 Å². The zero-order valence-corrected chi connectivity index (χ0v) is 18.2. The van der Waals surface area contributed by atoms with Gasteiger partial charge in [-0.15, -0.1) is 0 Å². The number of fused-ring (bicyclic) bond motifs is 1. The molecule has 0 bridgehead atoms. The summed E-state index contributed by atoms with van der Waals surface area (Å²) in [6.45, 7) is 1.83. The largest absolute Gasteiger partial charge is 0.273 e. The number of hydrogen-bond acceptors (Lipinski definition) is 6. The van der Waals surface area contributed by atoms with Crippen LogP contribution in [-0.4, -0.2) is 22.8 Å². The van der Waals surface area contributed by atoms with E-state index in [4.69, 9.17) is 16.4 Å². The first-order chi connectivity index (χ1) is 15.9. The molecule has 2 fully saturated rings. The second-order valence-electron chi connectivity index (χ2n) is 7.95. The monoisotopic (exact) mass is 463 g/mol. The van der Waals surface area contributed by atoms with Gasteiger partial charge in [0.25, 0.3) is 11.6 Å². The van der Waals surface area contributed by atoms with Crippen LogP contribution < -0.4 is 9.96 Å². The van der Waals surface area contributed by atoms with Gasteiger partial charge in [0.2, 0.25) is 5.91 Å². The summed E-state index contributed by atoms with van der Waals surface area (Å²) in [5.41, 5.74) is 2.48. The molecule has 8 nitrogen and oxygen atoms in total. The number of nitrogens with zero attached hydrogens (tertiary/aromatic N) is 3. The number of imide groups is 1. The Balaban J connectivity index is 1.59. The lowest BCUT2D eigenvalue weighted by Crippen LogP contribution is -2.37. The fourth-order valence-electron chi connectivity index (χ4n) is 4.41. The van der Waals surface area contributed by atoms with Crippen LogP contribution in [0.1, 0.15) is 17.2 Å². The molecular weight excluding hydrogens is 446 g/mol. The minimum Gasteiger partial charge on any atom is -0.273 e. The average Bonchev–Trinajstić information content (AvgIpc) is 3.31. The molecule has 3 unspecified atom stereocenters. The maximum Gasteiger partial charge on any atom is 0.269 e. The number of benzene rings is 3. The first kappa shape index (κ1) is 21.1.